The number of hydrogen-bond donors (Lipinski definition) is 3. The first kappa shape index (κ1) is 17.9. The van der Waals surface area contributed by atoms with Crippen LogP contribution in [0.2, 0.25) is 5.02 Å². The van der Waals surface area contributed by atoms with Crippen LogP contribution in [0.25, 0.3) is 0 Å². The topological polar surface area (TPSA) is 79.2 Å². The van der Waals surface area contributed by atoms with E-state index >= 15 is 0 Å². The van der Waals surface area contributed by atoms with Crippen molar-refractivity contribution in [2.75, 3.05) is 19.6 Å². The standard InChI is InChI=1S/C18H23ClN4O2/c1-11-17(18(25)21-8-14-7-20-9-16(14)24)12(2)23(22-11)10-13-5-3-4-6-15(13)19/h3-6,14,16,20,24H,7-10H2,1-2H3,(H,21,25). The quantitative estimate of drug-likeness (QED) is 0.753. The third-order valence-corrected chi connectivity index (χ3v) is 5.08. The van der Waals surface area contributed by atoms with Crippen molar-refractivity contribution in [3.63, 3.8) is 0 Å². The summed E-state index contributed by atoms with van der Waals surface area (Å²) in [6.45, 7) is 5.97. The van der Waals surface area contributed by atoms with Gasteiger partial charge in [0.2, 0.25) is 0 Å². The molecule has 0 radical (unpaired) electrons. The van der Waals surface area contributed by atoms with E-state index in [1.807, 2.05) is 38.1 Å². The Bertz CT molecular complexity index is 774. The molecule has 3 N–H and O–H groups in total. The highest BCUT2D eigenvalue weighted by molar-refractivity contribution is 6.31. The van der Waals surface area contributed by atoms with Crippen LogP contribution in [-0.4, -0.2) is 46.5 Å². The molecule has 0 spiro atoms. The van der Waals surface area contributed by atoms with Crippen molar-refractivity contribution in [1.82, 2.24) is 20.4 Å². The molecule has 1 aliphatic rings. The fraction of sp³-hybridized carbons (Fsp3) is 0.444. The Morgan fingerprint density at radius 3 is 2.84 bits per heavy atom. The van der Waals surface area contributed by atoms with E-state index in [9.17, 15) is 9.90 Å². The lowest BCUT2D eigenvalue weighted by molar-refractivity contribution is 0.0926. The number of aryl methyl sites for hydroxylation is 1. The van der Waals surface area contributed by atoms with Crippen molar-refractivity contribution in [2.45, 2.75) is 26.5 Å². The Hall–Kier alpha value is -1.89. The number of nitrogens with one attached hydrogen (secondary N) is 2. The van der Waals surface area contributed by atoms with E-state index in [4.69, 9.17) is 11.6 Å². The van der Waals surface area contributed by atoms with E-state index < -0.39 is 6.10 Å². The molecule has 2 heterocycles. The van der Waals surface area contributed by atoms with Gasteiger partial charge in [-0.2, -0.15) is 5.10 Å². The molecule has 1 saturated heterocycles. The third kappa shape index (κ3) is 3.86. The molecule has 1 aromatic heterocycles. The molecule has 2 aromatic rings. The van der Waals surface area contributed by atoms with Crippen LogP contribution < -0.4 is 10.6 Å². The van der Waals surface area contributed by atoms with Gasteiger partial charge < -0.3 is 15.7 Å². The lowest BCUT2D eigenvalue weighted by Crippen LogP contribution is -2.34. The summed E-state index contributed by atoms with van der Waals surface area (Å²) in [5, 5.41) is 21.1. The highest BCUT2D eigenvalue weighted by Gasteiger charge is 2.26. The molecule has 6 nitrogen and oxygen atoms in total. The summed E-state index contributed by atoms with van der Waals surface area (Å²) in [4.78, 5) is 12.6. The number of carbonyl (C=O) groups excluding carboxylic acids is 1. The maximum absolute atomic E-state index is 12.6. The number of nitrogens with zero attached hydrogens (tertiary/aromatic N) is 2. The largest absolute Gasteiger partial charge is 0.391 e. The van der Waals surface area contributed by atoms with Gasteiger partial charge in [-0.1, -0.05) is 29.8 Å². The highest BCUT2D eigenvalue weighted by atomic mass is 35.5. The van der Waals surface area contributed by atoms with Crippen LogP contribution in [0.1, 0.15) is 27.3 Å². The van der Waals surface area contributed by atoms with E-state index in [1.165, 1.54) is 0 Å². The summed E-state index contributed by atoms with van der Waals surface area (Å²) in [5.74, 6) is -0.109. The number of amides is 1. The summed E-state index contributed by atoms with van der Waals surface area (Å²) >= 11 is 6.22. The van der Waals surface area contributed by atoms with Crippen molar-refractivity contribution in [3.05, 3.63) is 51.8 Å². The molecular weight excluding hydrogens is 340 g/mol. The Labute approximate surface area is 152 Å². The zero-order valence-electron chi connectivity index (χ0n) is 14.4. The zero-order chi connectivity index (χ0) is 18.0. The maximum Gasteiger partial charge on any atom is 0.255 e. The van der Waals surface area contributed by atoms with Gasteiger partial charge in [0, 0.05) is 36.3 Å². The van der Waals surface area contributed by atoms with Crippen LogP contribution in [0, 0.1) is 19.8 Å². The zero-order valence-corrected chi connectivity index (χ0v) is 15.2. The molecule has 1 amide bonds. The average Bonchev–Trinajstić information content (AvgIpc) is 3.10. The molecule has 0 aliphatic carbocycles. The number of hydrogen-bond acceptors (Lipinski definition) is 4. The van der Waals surface area contributed by atoms with Crippen LogP contribution in [0.15, 0.2) is 24.3 Å². The first-order valence-electron chi connectivity index (χ1n) is 8.41. The van der Waals surface area contributed by atoms with Crippen molar-refractivity contribution in [1.29, 1.82) is 0 Å². The smallest absolute Gasteiger partial charge is 0.255 e. The minimum Gasteiger partial charge on any atom is -0.391 e. The van der Waals surface area contributed by atoms with Gasteiger partial charge in [-0.3, -0.25) is 9.48 Å². The van der Waals surface area contributed by atoms with E-state index in [2.05, 4.69) is 15.7 Å². The summed E-state index contributed by atoms with van der Waals surface area (Å²) in [6.07, 6.45) is -0.412. The molecule has 134 valence electrons. The lowest BCUT2D eigenvalue weighted by atomic mass is 10.1. The monoisotopic (exact) mass is 362 g/mol. The summed E-state index contributed by atoms with van der Waals surface area (Å²) < 4.78 is 1.80. The Morgan fingerprint density at radius 2 is 2.16 bits per heavy atom. The van der Waals surface area contributed by atoms with Crippen molar-refractivity contribution >= 4 is 17.5 Å². The minimum atomic E-state index is -0.412. The fourth-order valence-corrected chi connectivity index (χ4v) is 3.40. The maximum atomic E-state index is 12.6. The second-order valence-electron chi connectivity index (χ2n) is 6.49. The van der Waals surface area contributed by atoms with Crippen molar-refractivity contribution in [3.8, 4) is 0 Å². The molecule has 7 heteroatoms. The van der Waals surface area contributed by atoms with Gasteiger partial charge in [-0.05, 0) is 25.5 Å². The molecule has 1 aliphatic heterocycles. The van der Waals surface area contributed by atoms with E-state index in [0.29, 0.717) is 42.5 Å². The fourth-order valence-electron chi connectivity index (χ4n) is 3.21. The number of carbonyl (C=O) groups is 1. The Kier molecular flexibility index (Phi) is 5.42. The van der Waals surface area contributed by atoms with Gasteiger partial charge in [-0.15, -0.1) is 0 Å². The minimum absolute atomic E-state index is 0.0442. The number of β-amino-alcohol motifs (C(OH)–C–C–N with tert-alkyl or cyclic N) is 1. The van der Waals surface area contributed by atoms with E-state index in [1.54, 1.807) is 4.68 Å². The van der Waals surface area contributed by atoms with Crippen LogP contribution in [0.4, 0.5) is 0 Å². The summed E-state index contributed by atoms with van der Waals surface area (Å²) in [7, 11) is 0. The number of aromatic nitrogens is 2. The van der Waals surface area contributed by atoms with Crippen LogP contribution >= 0.6 is 11.6 Å². The number of aliphatic hydroxyl groups excluding tert-OH is 1. The first-order valence-corrected chi connectivity index (χ1v) is 8.79. The van der Waals surface area contributed by atoms with Gasteiger partial charge in [0.15, 0.2) is 0 Å². The summed E-state index contributed by atoms with van der Waals surface area (Å²) in [6, 6.07) is 7.61. The van der Waals surface area contributed by atoms with Gasteiger partial charge in [-0.25, -0.2) is 0 Å². The van der Waals surface area contributed by atoms with E-state index in [-0.39, 0.29) is 11.8 Å². The second kappa shape index (κ2) is 7.56. The van der Waals surface area contributed by atoms with Gasteiger partial charge >= 0.3 is 0 Å². The predicted octanol–water partition coefficient (Wildman–Crippen LogP) is 1.51. The third-order valence-electron chi connectivity index (χ3n) is 4.72. The van der Waals surface area contributed by atoms with Crippen molar-refractivity contribution in [2.24, 2.45) is 5.92 Å². The molecule has 1 aromatic carbocycles. The van der Waals surface area contributed by atoms with Gasteiger partial charge in [0.25, 0.3) is 5.91 Å². The van der Waals surface area contributed by atoms with Gasteiger partial charge in [0.05, 0.1) is 23.9 Å². The second-order valence-corrected chi connectivity index (χ2v) is 6.90. The molecule has 2 unspecified atom stereocenters. The normalized spacial score (nSPS) is 20.0. The molecule has 0 saturated carbocycles. The van der Waals surface area contributed by atoms with Gasteiger partial charge in [0.1, 0.15) is 0 Å². The van der Waals surface area contributed by atoms with Crippen molar-refractivity contribution < 1.29 is 9.90 Å². The summed E-state index contributed by atoms with van der Waals surface area (Å²) in [5.41, 5.74) is 3.04. The Balaban J connectivity index is 1.73. The first-order chi connectivity index (χ1) is 12.0. The lowest BCUT2D eigenvalue weighted by Gasteiger charge is -2.14. The highest BCUT2D eigenvalue weighted by Crippen LogP contribution is 2.19. The van der Waals surface area contributed by atoms with E-state index in [0.717, 1.165) is 11.3 Å². The number of aliphatic hydroxyl groups is 1. The molecule has 3 rings (SSSR count). The Morgan fingerprint density at radius 1 is 1.40 bits per heavy atom. The number of rotatable bonds is 5. The number of benzene rings is 1. The van der Waals surface area contributed by atoms with Crippen LogP contribution in [-0.2, 0) is 6.54 Å². The number of halogens is 1. The molecular formula is C18H23ClN4O2. The molecule has 2 atom stereocenters. The molecule has 1 fully saturated rings. The predicted molar refractivity (Wildman–Crippen MR) is 97.0 cm³/mol. The van der Waals surface area contributed by atoms with Crippen LogP contribution in [0.5, 0.6) is 0 Å². The molecule has 0 bridgehead atoms. The molecule has 25 heavy (non-hydrogen) atoms. The van der Waals surface area contributed by atoms with Crippen LogP contribution in [0.3, 0.4) is 0 Å². The SMILES string of the molecule is Cc1nn(Cc2ccccc2Cl)c(C)c1C(=O)NCC1CNCC1O. The average molecular weight is 363 g/mol.